The van der Waals surface area contributed by atoms with E-state index < -0.39 is 0 Å². The third kappa shape index (κ3) is 3.74. The summed E-state index contributed by atoms with van der Waals surface area (Å²) >= 11 is 0. The number of para-hydroxylation sites is 2. The van der Waals surface area contributed by atoms with E-state index >= 15 is 0 Å². The number of ether oxygens (including phenoxy) is 1. The van der Waals surface area contributed by atoms with E-state index in [1.807, 2.05) is 4.57 Å². The Hall–Kier alpha value is -1.59. The summed E-state index contributed by atoms with van der Waals surface area (Å²) in [6.07, 6.45) is 8.72. The van der Waals surface area contributed by atoms with E-state index in [0.29, 0.717) is 6.04 Å². The molecule has 2 aromatic rings. The highest BCUT2D eigenvalue weighted by Gasteiger charge is 2.21. The molecule has 5 nitrogen and oxygen atoms in total. The summed E-state index contributed by atoms with van der Waals surface area (Å²) < 4.78 is 9.55. The van der Waals surface area contributed by atoms with Crippen LogP contribution in [-0.2, 0) is 11.3 Å². The molecule has 1 saturated carbocycles. The van der Waals surface area contributed by atoms with Crippen molar-refractivity contribution in [1.29, 1.82) is 0 Å². The smallest absolute Gasteiger partial charge is 0.329 e. The minimum absolute atomic E-state index is 0.185. The van der Waals surface area contributed by atoms with Gasteiger partial charge in [-0.3, -0.25) is 14.0 Å². The van der Waals surface area contributed by atoms with Crippen molar-refractivity contribution in [2.75, 3.05) is 32.8 Å². The zero-order valence-corrected chi connectivity index (χ0v) is 15.7. The van der Waals surface area contributed by atoms with Crippen LogP contribution in [0, 0.1) is 0 Å². The third-order valence-corrected chi connectivity index (χ3v) is 6.05. The number of hydrogen-bond acceptors (Lipinski definition) is 3. The fourth-order valence-electron chi connectivity index (χ4n) is 4.56. The average molecular weight is 357 g/mol. The molecule has 0 atom stereocenters. The van der Waals surface area contributed by atoms with E-state index in [-0.39, 0.29) is 5.69 Å². The average Bonchev–Trinajstić information content (AvgIpc) is 2.93. The van der Waals surface area contributed by atoms with Crippen molar-refractivity contribution >= 4 is 11.0 Å². The Balaban J connectivity index is 1.62. The number of nitrogens with zero attached hydrogens (tertiary/aromatic N) is 3. The fraction of sp³-hybridized carbons (Fsp3) is 0.667. The molecule has 2 aliphatic rings. The molecule has 2 heterocycles. The first-order valence-corrected chi connectivity index (χ1v) is 10.3. The second-order valence-corrected chi connectivity index (χ2v) is 7.75. The largest absolute Gasteiger partial charge is 0.379 e. The van der Waals surface area contributed by atoms with E-state index in [4.69, 9.17) is 4.74 Å². The molecule has 1 aliphatic carbocycles. The number of rotatable bonds is 4. The Morgan fingerprint density at radius 2 is 1.54 bits per heavy atom. The van der Waals surface area contributed by atoms with Crippen LogP contribution in [0.1, 0.15) is 51.0 Å². The molecule has 0 unspecified atom stereocenters. The summed E-state index contributed by atoms with van der Waals surface area (Å²) in [4.78, 5) is 15.7. The lowest BCUT2D eigenvalue weighted by molar-refractivity contribution is 0.0364. The standard InChI is InChI=1S/C21H31N3O2/c25-21-23(13-12-22-14-16-26-17-15-22)19-10-6-7-11-20(19)24(21)18-8-4-2-1-3-5-9-18/h6-7,10-11,18H,1-5,8-9,12-17H2. The van der Waals surface area contributed by atoms with Crippen LogP contribution in [0.25, 0.3) is 11.0 Å². The van der Waals surface area contributed by atoms with Crippen molar-refractivity contribution in [3.05, 3.63) is 34.7 Å². The first-order chi connectivity index (χ1) is 12.8. The second kappa shape index (κ2) is 8.40. The molecular weight excluding hydrogens is 326 g/mol. The SMILES string of the molecule is O=c1n(CCN2CCOCC2)c2ccccc2n1C1CCCCCCC1. The maximum absolute atomic E-state index is 13.3. The quantitative estimate of drug-likeness (QED) is 0.842. The minimum Gasteiger partial charge on any atom is -0.379 e. The van der Waals surface area contributed by atoms with Crippen LogP contribution >= 0.6 is 0 Å². The zero-order chi connectivity index (χ0) is 17.8. The molecule has 1 aliphatic heterocycles. The molecule has 26 heavy (non-hydrogen) atoms. The maximum atomic E-state index is 13.3. The van der Waals surface area contributed by atoms with Gasteiger partial charge >= 0.3 is 5.69 Å². The summed E-state index contributed by atoms with van der Waals surface area (Å²) in [6, 6.07) is 8.71. The highest BCUT2D eigenvalue weighted by molar-refractivity contribution is 5.76. The van der Waals surface area contributed by atoms with Gasteiger partial charge in [-0.2, -0.15) is 0 Å². The van der Waals surface area contributed by atoms with Gasteiger partial charge in [-0.25, -0.2) is 4.79 Å². The molecule has 4 rings (SSSR count). The van der Waals surface area contributed by atoms with Crippen LogP contribution < -0.4 is 5.69 Å². The molecule has 0 spiro atoms. The molecule has 0 amide bonds. The van der Waals surface area contributed by atoms with Gasteiger partial charge in [0.15, 0.2) is 0 Å². The monoisotopic (exact) mass is 357 g/mol. The lowest BCUT2D eigenvalue weighted by atomic mass is 9.96. The Morgan fingerprint density at radius 1 is 0.885 bits per heavy atom. The lowest BCUT2D eigenvalue weighted by Gasteiger charge is -2.26. The predicted molar refractivity (Wildman–Crippen MR) is 105 cm³/mol. The molecule has 142 valence electrons. The molecular formula is C21H31N3O2. The molecule has 1 aromatic heterocycles. The van der Waals surface area contributed by atoms with Crippen LogP contribution in [0.5, 0.6) is 0 Å². The minimum atomic E-state index is 0.185. The van der Waals surface area contributed by atoms with Crippen LogP contribution in [0.15, 0.2) is 29.1 Å². The molecule has 0 radical (unpaired) electrons. The van der Waals surface area contributed by atoms with Gasteiger partial charge in [0.25, 0.3) is 0 Å². The van der Waals surface area contributed by atoms with Crippen LogP contribution in [0.4, 0.5) is 0 Å². The number of morpholine rings is 1. The van der Waals surface area contributed by atoms with Gasteiger partial charge < -0.3 is 4.74 Å². The Bertz CT molecular complexity index is 765. The highest BCUT2D eigenvalue weighted by atomic mass is 16.5. The molecule has 5 heteroatoms. The summed E-state index contributed by atoms with van der Waals surface area (Å²) in [5.41, 5.74) is 2.39. The van der Waals surface area contributed by atoms with Crippen molar-refractivity contribution in [3.63, 3.8) is 0 Å². The van der Waals surface area contributed by atoms with Gasteiger partial charge in [0.05, 0.1) is 24.2 Å². The van der Waals surface area contributed by atoms with Gasteiger partial charge in [0, 0.05) is 32.2 Å². The maximum Gasteiger partial charge on any atom is 0.329 e. The van der Waals surface area contributed by atoms with E-state index in [0.717, 1.165) is 63.3 Å². The van der Waals surface area contributed by atoms with Crippen molar-refractivity contribution in [3.8, 4) is 0 Å². The normalized spacial score (nSPS) is 20.9. The lowest BCUT2D eigenvalue weighted by Crippen LogP contribution is -2.39. The fourth-order valence-corrected chi connectivity index (χ4v) is 4.56. The first kappa shape index (κ1) is 17.8. The van der Waals surface area contributed by atoms with E-state index in [2.05, 4.69) is 33.7 Å². The van der Waals surface area contributed by atoms with Crippen molar-refractivity contribution in [1.82, 2.24) is 14.0 Å². The summed E-state index contributed by atoms with van der Waals surface area (Å²) in [7, 11) is 0. The van der Waals surface area contributed by atoms with Crippen molar-refractivity contribution in [2.45, 2.75) is 57.5 Å². The molecule has 1 saturated heterocycles. The van der Waals surface area contributed by atoms with Gasteiger partial charge in [-0.1, -0.05) is 44.2 Å². The Morgan fingerprint density at radius 3 is 2.27 bits per heavy atom. The number of hydrogen-bond donors (Lipinski definition) is 0. The summed E-state index contributed by atoms with van der Waals surface area (Å²) in [5.74, 6) is 0. The number of benzene rings is 1. The van der Waals surface area contributed by atoms with Gasteiger partial charge in [-0.05, 0) is 25.0 Å². The molecule has 0 bridgehead atoms. The van der Waals surface area contributed by atoms with Gasteiger partial charge in [0.2, 0.25) is 0 Å². The number of imidazole rings is 1. The van der Waals surface area contributed by atoms with Crippen molar-refractivity contribution < 1.29 is 4.74 Å². The van der Waals surface area contributed by atoms with E-state index in [1.54, 1.807) is 0 Å². The van der Waals surface area contributed by atoms with Crippen LogP contribution in [0.3, 0.4) is 0 Å². The van der Waals surface area contributed by atoms with Crippen molar-refractivity contribution in [2.24, 2.45) is 0 Å². The van der Waals surface area contributed by atoms with Crippen LogP contribution in [0.2, 0.25) is 0 Å². The summed E-state index contributed by atoms with van der Waals surface area (Å²) in [5, 5.41) is 0. The Labute approximate surface area is 155 Å². The van der Waals surface area contributed by atoms with E-state index in [9.17, 15) is 4.79 Å². The second-order valence-electron chi connectivity index (χ2n) is 7.75. The molecule has 0 N–H and O–H groups in total. The zero-order valence-electron chi connectivity index (χ0n) is 15.7. The molecule has 1 aromatic carbocycles. The third-order valence-electron chi connectivity index (χ3n) is 6.05. The number of aromatic nitrogens is 2. The highest BCUT2D eigenvalue weighted by Crippen LogP contribution is 2.28. The van der Waals surface area contributed by atoms with Gasteiger partial charge in [0.1, 0.15) is 0 Å². The number of fused-ring (bicyclic) bond motifs is 1. The Kier molecular flexibility index (Phi) is 5.75. The predicted octanol–water partition coefficient (Wildman–Crippen LogP) is 3.42. The first-order valence-electron chi connectivity index (χ1n) is 10.3. The topological polar surface area (TPSA) is 39.4 Å². The summed E-state index contributed by atoms with van der Waals surface area (Å²) in [6.45, 7) is 5.23. The van der Waals surface area contributed by atoms with Gasteiger partial charge in [-0.15, -0.1) is 0 Å². The van der Waals surface area contributed by atoms with E-state index in [1.165, 1.54) is 32.1 Å². The molecule has 2 fully saturated rings. The van der Waals surface area contributed by atoms with Crippen LogP contribution in [-0.4, -0.2) is 46.9 Å².